The molecule has 1 aliphatic rings. The number of likely N-dealkylation sites (tertiary alicyclic amines) is 1. The average Bonchev–Trinajstić information content (AvgIpc) is 2.54. The van der Waals surface area contributed by atoms with Crippen LogP contribution in [-0.4, -0.2) is 54.0 Å². The van der Waals surface area contributed by atoms with Crippen molar-refractivity contribution in [1.82, 2.24) is 15.2 Å². The number of aromatic nitrogens is 1. The Morgan fingerprint density at radius 2 is 2.08 bits per heavy atom. The molecule has 1 aromatic rings. The van der Waals surface area contributed by atoms with Crippen LogP contribution in [0.25, 0.3) is 0 Å². The van der Waals surface area contributed by atoms with Gasteiger partial charge in [-0.05, 0) is 24.8 Å². The lowest BCUT2D eigenvalue weighted by molar-refractivity contribution is -0.119. The van der Waals surface area contributed by atoms with E-state index < -0.39 is 0 Å². The van der Waals surface area contributed by atoms with Crippen molar-refractivity contribution in [3.05, 3.63) is 23.9 Å². The fourth-order valence-corrected chi connectivity index (χ4v) is 2.58. The maximum atomic E-state index is 12.3. The van der Waals surface area contributed by atoms with E-state index >= 15 is 0 Å². The number of amides is 2. The lowest BCUT2D eigenvalue weighted by atomic mass is 10.0. The van der Waals surface area contributed by atoms with Gasteiger partial charge in [-0.1, -0.05) is 13.8 Å². The minimum atomic E-state index is -0.316. The molecule has 1 fully saturated rings. The van der Waals surface area contributed by atoms with Crippen molar-refractivity contribution >= 4 is 11.8 Å². The first-order valence-corrected chi connectivity index (χ1v) is 8.34. The number of ether oxygens (including phenoxy) is 1. The molecule has 0 radical (unpaired) electrons. The third-order valence-electron chi connectivity index (χ3n) is 3.87. The van der Waals surface area contributed by atoms with Gasteiger partial charge in [0.15, 0.2) is 0 Å². The summed E-state index contributed by atoms with van der Waals surface area (Å²) in [5, 5.41) is 3.02. The third kappa shape index (κ3) is 5.81. The molecule has 7 nitrogen and oxygen atoms in total. The molecule has 2 heterocycles. The topological polar surface area (TPSA) is 97.5 Å². The van der Waals surface area contributed by atoms with E-state index in [-0.39, 0.29) is 24.4 Å². The monoisotopic (exact) mass is 334 g/mol. The van der Waals surface area contributed by atoms with E-state index in [2.05, 4.69) is 24.1 Å². The SMILES string of the molecule is CC(C)COc1ccc(C(=O)NC2CCN(CC(N)=O)CC2)cn1. The normalized spacial score (nSPS) is 16.1. The van der Waals surface area contributed by atoms with Gasteiger partial charge < -0.3 is 15.8 Å². The van der Waals surface area contributed by atoms with Crippen molar-refractivity contribution in [3.8, 4) is 5.88 Å². The van der Waals surface area contributed by atoms with Crippen molar-refractivity contribution in [1.29, 1.82) is 0 Å². The second-order valence-corrected chi connectivity index (χ2v) is 6.58. The first kappa shape index (κ1) is 18.2. The molecule has 132 valence electrons. The van der Waals surface area contributed by atoms with Crippen molar-refractivity contribution < 1.29 is 14.3 Å². The van der Waals surface area contributed by atoms with Gasteiger partial charge in [-0.25, -0.2) is 4.98 Å². The zero-order valence-corrected chi connectivity index (χ0v) is 14.3. The molecule has 2 rings (SSSR count). The fraction of sp³-hybridized carbons (Fsp3) is 0.588. The molecule has 1 aliphatic heterocycles. The van der Waals surface area contributed by atoms with Crippen LogP contribution in [0.1, 0.15) is 37.0 Å². The highest BCUT2D eigenvalue weighted by atomic mass is 16.5. The summed E-state index contributed by atoms with van der Waals surface area (Å²) >= 11 is 0. The minimum absolute atomic E-state index is 0.110. The Bertz CT molecular complexity index is 551. The predicted molar refractivity (Wildman–Crippen MR) is 90.7 cm³/mol. The average molecular weight is 334 g/mol. The highest BCUT2D eigenvalue weighted by Gasteiger charge is 2.22. The maximum absolute atomic E-state index is 12.3. The molecule has 0 bridgehead atoms. The molecule has 0 atom stereocenters. The number of nitrogens with one attached hydrogen (secondary N) is 1. The molecule has 2 amide bonds. The summed E-state index contributed by atoms with van der Waals surface area (Å²) < 4.78 is 5.51. The van der Waals surface area contributed by atoms with Gasteiger partial charge in [-0.15, -0.1) is 0 Å². The second kappa shape index (κ2) is 8.63. The molecule has 3 N–H and O–H groups in total. The van der Waals surface area contributed by atoms with Crippen LogP contribution < -0.4 is 15.8 Å². The Hall–Kier alpha value is -2.15. The fourth-order valence-electron chi connectivity index (χ4n) is 2.58. The molecule has 0 saturated carbocycles. The summed E-state index contributed by atoms with van der Waals surface area (Å²) in [6.07, 6.45) is 3.15. The van der Waals surface area contributed by atoms with Crippen molar-refractivity contribution in [2.75, 3.05) is 26.2 Å². The van der Waals surface area contributed by atoms with E-state index in [1.807, 2.05) is 4.90 Å². The zero-order valence-electron chi connectivity index (χ0n) is 14.3. The van der Waals surface area contributed by atoms with E-state index in [0.717, 1.165) is 25.9 Å². The molecule has 0 aliphatic carbocycles. The highest BCUT2D eigenvalue weighted by molar-refractivity contribution is 5.94. The van der Waals surface area contributed by atoms with Gasteiger partial charge in [0.05, 0.1) is 18.7 Å². The summed E-state index contributed by atoms with van der Waals surface area (Å²) in [5.74, 6) is 0.504. The van der Waals surface area contributed by atoms with Gasteiger partial charge in [0.2, 0.25) is 11.8 Å². The van der Waals surface area contributed by atoms with E-state index in [0.29, 0.717) is 24.0 Å². The van der Waals surface area contributed by atoms with E-state index in [1.54, 1.807) is 12.1 Å². The Kier molecular flexibility index (Phi) is 6.54. The molecule has 24 heavy (non-hydrogen) atoms. The number of nitrogens with zero attached hydrogens (tertiary/aromatic N) is 2. The Balaban J connectivity index is 1.79. The number of carbonyl (C=O) groups excluding carboxylic acids is 2. The Morgan fingerprint density at radius 3 is 2.62 bits per heavy atom. The van der Waals surface area contributed by atoms with E-state index in [1.165, 1.54) is 6.20 Å². The summed E-state index contributed by atoms with van der Waals surface area (Å²) in [6, 6.07) is 3.55. The molecule has 0 spiro atoms. The van der Waals surface area contributed by atoms with Gasteiger partial charge >= 0.3 is 0 Å². The van der Waals surface area contributed by atoms with Crippen LogP contribution in [0.15, 0.2) is 18.3 Å². The smallest absolute Gasteiger partial charge is 0.253 e. The third-order valence-corrected chi connectivity index (χ3v) is 3.87. The van der Waals surface area contributed by atoms with Crippen LogP contribution in [0.4, 0.5) is 0 Å². The zero-order chi connectivity index (χ0) is 17.5. The lowest BCUT2D eigenvalue weighted by Gasteiger charge is -2.31. The van der Waals surface area contributed by atoms with Crippen molar-refractivity contribution in [2.24, 2.45) is 11.7 Å². The molecule has 1 saturated heterocycles. The number of piperidine rings is 1. The number of nitrogens with two attached hydrogens (primary N) is 1. The number of pyridine rings is 1. The standard InChI is InChI=1S/C17H26N4O3/c1-12(2)11-24-16-4-3-13(9-19-16)17(23)20-14-5-7-21(8-6-14)10-15(18)22/h3-4,9,12,14H,5-8,10-11H2,1-2H3,(H2,18,22)(H,20,23). The Morgan fingerprint density at radius 1 is 1.38 bits per heavy atom. The lowest BCUT2D eigenvalue weighted by Crippen LogP contribution is -2.46. The highest BCUT2D eigenvalue weighted by Crippen LogP contribution is 2.12. The van der Waals surface area contributed by atoms with Gasteiger partial charge in [-0.2, -0.15) is 0 Å². The summed E-state index contributed by atoms with van der Waals surface area (Å²) in [4.78, 5) is 29.4. The number of rotatable bonds is 7. The van der Waals surface area contributed by atoms with Gasteiger partial charge in [0.25, 0.3) is 5.91 Å². The van der Waals surface area contributed by atoms with Gasteiger partial charge in [0.1, 0.15) is 0 Å². The first-order valence-electron chi connectivity index (χ1n) is 8.34. The van der Waals surface area contributed by atoms with Crippen LogP contribution >= 0.6 is 0 Å². The summed E-state index contributed by atoms with van der Waals surface area (Å²) in [7, 11) is 0. The molecule has 1 aromatic heterocycles. The molecular weight excluding hydrogens is 308 g/mol. The van der Waals surface area contributed by atoms with Crippen LogP contribution in [0.5, 0.6) is 5.88 Å². The quantitative estimate of drug-likeness (QED) is 0.768. The molecular formula is C17H26N4O3. The summed E-state index contributed by atoms with van der Waals surface area (Å²) in [5.41, 5.74) is 5.72. The predicted octanol–water partition coefficient (Wildman–Crippen LogP) is 0.796. The summed E-state index contributed by atoms with van der Waals surface area (Å²) in [6.45, 7) is 6.53. The van der Waals surface area contributed by atoms with Crippen LogP contribution in [0.3, 0.4) is 0 Å². The number of primary amides is 1. The minimum Gasteiger partial charge on any atom is -0.477 e. The van der Waals surface area contributed by atoms with Gasteiger partial charge in [0, 0.05) is 31.4 Å². The van der Waals surface area contributed by atoms with Crippen molar-refractivity contribution in [3.63, 3.8) is 0 Å². The number of hydrogen-bond donors (Lipinski definition) is 2. The molecule has 0 unspecified atom stereocenters. The molecule has 7 heteroatoms. The molecule has 0 aromatic carbocycles. The van der Waals surface area contributed by atoms with Crippen LogP contribution in [-0.2, 0) is 4.79 Å². The van der Waals surface area contributed by atoms with Crippen LogP contribution in [0, 0.1) is 5.92 Å². The van der Waals surface area contributed by atoms with E-state index in [9.17, 15) is 9.59 Å². The maximum Gasteiger partial charge on any atom is 0.253 e. The second-order valence-electron chi connectivity index (χ2n) is 6.58. The van der Waals surface area contributed by atoms with Crippen LogP contribution in [0.2, 0.25) is 0 Å². The van der Waals surface area contributed by atoms with Crippen molar-refractivity contribution in [2.45, 2.75) is 32.7 Å². The number of carbonyl (C=O) groups is 2. The number of hydrogen-bond acceptors (Lipinski definition) is 5. The van der Waals surface area contributed by atoms with Gasteiger partial charge in [-0.3, -0.25) is 14.5 Å². The largest absolute Gasteiger partial charge is 0.477 e. The Labute approximate surface area is 142 Å². The van der Waals surface area contributed by atoms with E-state index in [4.69, 9.17) is 10.5 Å². The first-order chi connectivity index (χ1) is 11.4.